The number of nitrogens with one attached hydrogen (secondary N) is 1. The van der Waals surface area contributed by atoms with E-state index in [0.717, 1.165) is 10.6 Å². The Bertz CT molecular complexity index is 1000. The maximum atomic E-state index is 12.9. The highest BCUT2D eigenvalue weighted by Gasteiger charge is 2.34. The van der Waals surface area contributed by atoms with Gasteiger partial charge in [0.1, 0.15) is 10.0 Å². The summed E-state index contributed by atoms with van der Waals surface area (Å²) in [4.78, 5) is 13.7. The molecule has 0 aliphatic carbocycles. The molecule has 1 N–H and O–H groups in total. The molecule has 0 saturated carbocycles. The topological polar surface area (TPSA) is 108 Å². The Labute approximate surface area is 168 Å². The Hall–Kier alpha value is -2.22. The highest BCUT2D eigenvalue weighted by atomic mass is 32.2. The third-order valence-corrected chi connectivity index (χ3v) is 7.99. The molecule has 0 spiro atoms. The van der Waals surface area contributed by atoms with Crippen LogP contribution in [0.2, 0.25) is 0 Å². The number of aromatic nitrogens is 2. The summed E-state index contributed by atoms with van der Waals surface area (Å²) in [5, 5.41) is 15.9. The monoisotopic (exact) mass is 421 g/mol. The summed E-state index contributed by atoms with van der Waals surface area (Å²) >= 11 is 1.24. The van der Waals surface area contributed by atoms with E-state index in [0.29, 0.717) is 42.4 Å². The summed E-state index contributed by atoms with van der Waals surface area (Å²) in [5.74, 6) is -0.115. The van der Waals surface area contributed by atoms with Crippen LogP contribution in [0.15, 0.2) is 22.4 Å². The number of aryl methyl sites for hydroxylation is 3. The SMILES string of the molecule is Cc1cc(NC(=O)C2CCCN(S(=O)(=O)c3ccc(C)s3)C2)n(CCC#N)n1. The normalized spacial score (nSPS) is 18.0. The number of amides is 1. The average Bonchev–Trinajstić information content (AvgIpc) is 3.26. The lowest BCUT2D eigenvalue weighted by atomic mass is 9.99. The largest absolute Gasteiger partial charge is 0.311 e. The Balaban J connectivity index is 1.71. The van der Waals surface area contributed by atoms with Gasteiger partial charge in [0.15, 0.2) is 0 Å². The first-order chi connectivity index (χ1) is 13.3. The van der Waals surface area contributed by atoms with Gasteiger partial charge in [0.25, 0.3) is 10.0 Å². The van der Waals surface area contributed by atoms with Crippen LogP contribution in [0.1, 0.15) is 29.8 Å². The highest BCUT2D eigenvalue weighted by Crippen LogP contribution is 2.28. The van der Waals surface area contributed by atoms with E-state index >= 15 is 0 Å². The van der Waals surface area contributed by atoms with E-state index in [1.807, 2.05) is 13.8 Å². The zero-order valence-corrected chi connectivity index (χ0v) is 17.5. The zero-order valence-electron chi connectivity index (χ0n) is 15.9. The van der Waals surface area contributed by atoms with E-state index in [-0.39, 0.29) is 12.5 Å². The van der Waals surface area contributed by atoms with E-state index in [1.165, 1.54) is 15.6 Å². The van der Waals surface area contributed by atoms with Crippen molar-refractivity contribution in [2.45, 2.75) is 43.9 Å². The van der Waals surface area contributed by atoms with Crippen molar-refractivity contribution >= 4 is 33.1 Å². The van der Waals surface area contributed by atoms with E-state index in [1.54, 1.807) is 22.9 Å². The average molecular weight is 422 g/mol. The predicted molar refractivity (Wildman–Crippen MR) is 106 cm³/mol. The molecule has 1 amide bonds. The molecule has 150 valence electrons. The number of nitriles is 1. The molecule has 1 atom stereocenters. The molecule has 0 radical (unpaired) electrons. The van der Waals surface area contributed by atoms with Crippen molar-refractivity contribution in [1.29, 1.82) is 5.26 Å². The third kappa shape index (κ3) is 4.43. The van der Waals surface area contributed by atoms with Gasteiger partial charge in [-0.25, -0.2) is 13.1 Å². The molecule has 1 fully saturated rings. The first-order valence-corrected chi connectivity index (χ1v) is 11.4. The summed E-state index contributed by atoms with van der Waals surface area (Å²) in [6, 6.07) is 7.22. The van der Waals surface area contributed by atoms with Gasteiger partial charge in [0, 0.05) is 24.0 Å². The summed E-state index contributed by atoms with van der Waals surface area (Å²) < 4.78 is 29.0. The first-order valence-electron chi connectivity index (χ1n) is 9.10. The second kappa shape index (κ2) is 8.43. The lowest BCUT2D eigenvalue weighted by Crippen LogP contribution is -2.43. The van der Waals surface area contributed by atoms with Crippen molar-refractivity contribution in [3.8, 4) is 6.07 Å². The number of sulfonamides is 1. The minimum atomic E-state index is -3.58. The molecule has 0 aromatic carbocycles. The van der Waals surface area contributed by atoms with Crippen LogP contribution < -0.4 is 5.32 Å². The van der Waals surface area contributed by atoms with Gasteiger partial charge in [0.2, 0.25) is 5.91 Å². The molecule has 1 saturated heterocycles. The summed E-state index contributed by atoms with van der Waals surface area (Å²) in [6.45, 7) is 4.66. The van der Waals surface area contributed by atoms with Crippen LogP contribution >= 0.6 is 11.3 Å². The molecule has 3 heterocycles. The minimum absolute atomic E-state index is 0.163. The Morgan fingerprint density at radius 2 is 2.21 bits per heavy atom. The molecule has 8 nitrogen and oxygen atoms in total. The van der Waals surface area contributed by atoms with Crippen molar-refractivity contribution in [3.05, 3.63) is 28.8 Å². The number of rotatable bonds is 6. The molecule has 3 rings (SSSR count). The van der Waals surface area contributed by atoms with Crippen LogP contribution in [-0.4, -0.2) is 41.5 Å². The van der Waals surface area contributed by atoms with Crippen molar-refractivity contribution < 1.29 is 13.2 Å². The fraction of sp³-hybridized carbons (Fsp3) is 0.500. The summed E-state index contributed by atoms with van der Waals surface area (Å²) in [5.41, 5.74) is 0.745. The molecular formula is C18H23N5O3S2. The van der Waals surface area contributed by atoms with Crippen LogP contribution in [-0.2, 0) is 21.4 Å². The quantitative estimate of drug-likeness (QED) is 0.771. The van der Waals surface area contributed by atoms with Gasteiger partial charge >= 0.3 is 0 Å². The summed E-state index contributed by atoms with van der Waals surface area (Å²) in [6.07, 6.45) is 1.56. The van der Waals surface area contributed by atoms with Crippen molar-refractivity contribution in [2.24, 2.45) is 5.92 Å². The van der Waals surface area contributed by atoms with Gasteiger partial charge in [-0.15, -0.1) is 11.3 Å². The zero-order chi connectivity index (χ0) is 20.3. The number of anilines is 1. The Morgan fingerprint density at radius 1 is 1.43 bits per heavy atom. The maximum Gasteiger partial charge on any atom is 0.252 e. The fourth-order valence-corrected chi connectivity index (χ4v) is 6.21. The number of hydrogen-bond acceptors (Lipinski definition) is 6. The molecule has 0 bridgehead atoms. The second-order valence-corrected chi connectivity index (χ2v) is 10.3. The van der Waals surface area contributed by atoms with Crippen LogP contribution in [0.3, 0.4) is 0 Å². The standard InChI is InChI=1S/C18H23N5O3S2/c1-13-11-16(23(21-13)10-4-8-19)20-18(24)15-5-3-9-22(12-15)28(25,26)17-7-6-14(2)27-17/h6-7,11,15H,3-5,9-10,12H2,1-2H3,(H,20,24). The lowest BCUT2D eigenvalue weighted by molar-refractivity contribution is -0.120. The first kappa shape index (κ1) is 20.5. The number of carbonyl (C=O) groups is 1. The fourth-order valence-electron chi connectivity index (χ4n) is 3.25. The number of hydrogen-bond donors (Lipinski definition) is 1. The third-order valence-electron chi connectivity index (χ3n) is 4.65. The molecular weight excluding hydrogens is 398 g/mol. The number of thiophene rings is 1. The number of nitrogens with zero attached hydrogens (tertiary/aromatic N) is 4. The molecule has 10 heteroatoms. The second-order valence-electron chi connectivity index (χ2n) is 6.86. The van der Waals surface area contributed by atoms with Gasteiger partial charge in [-0.1, -0.05) is 0 Å². The maximum absolute atomic E-state index is 12.9. The van der Waals surface area contributed by atoms with E-state index in [4.69, 9.17) is 5.26 Å². The van der Waals surface area contributed by atoms with Crippen LogP contribution in [0.4, 0.5) is 5.82 Å². The molecule has 2 aromatic rings. The van der Waals surface area contributed by atoms with Crippen LogP contribution in [0, 0.1) is 31.1 Å². The van der Waals surface area contributed by atoms with Crippen LogP contribution in [0.5, 0.6) is 0 Å². The minimum Gasteiger partial charge on any atom is -0.311 e. The van der Waals surface area contributed by atoms with Gasteiger partial charge in [-0.2, -0.15) is 14.7 Å². The molecule has 28 heavy (non-hydrogen) atoms. The van der Waals surface area contributed by atoms with E-state index < -0.39 is 15.9 Å². The van der Waals surface area contributed by atoms with Crippen molar-refractivity contribution in [3.63, 3.8) is 0 Å². The highest BCUT2D eigenvalue weighted by molar-refractivity contribution is 7.91. The van der Waals surface area contributed by atoms with Gasteiger partial charge in [0.05, 0.1) is 30.6 Å². The summed E-state index contributed by atoms with van der Waals surface area (Å²) in [7, 11) is -3.58. The molecule has 1 unspecified atom stereocenters. The van der Waals surface area contributed by atoms with Gasteiger partial charge < -0.3 is 5.32 Å². The van der Waals surface area contributed by atoms with Crippen molar-refractivity contribution in [2.75, 3.05) is 18.4 Å². The number of piperidine rings is 1. The molecule has 1 aliphatic rings. The predicted octanol–water partition coefficient (Wildman–Crippen LogP) is 2.51. The van der Waals surface area contributed by atoms with Gasteiger partial charge in [-0.3, -0.25) is 4.79 Å². The molecule has 1 aliphatic heterocycles. The van der Waals surface area contributed by atoms with Gasteiger partial charge in [-0.05, 0) is 38.8 Å². The lowest BCUT2D eigenvalue weighted by Gasteiger charge is -2.30. The molecule has 2 aromatic heterocycles. The van der Waals surface area contributed by atoms with Crippen molar-refractivity contribution in [1.82, 2.24) is 14.1 Å². The Kier molecular flexibility index (Phi) is 6.17. The van der Waals surface area contributed by atoms with E-state index in [9.17, 15) is 13.2 Å². The Morgan fingerprint density at radius 3 is 2.89 bits per heavy atom. The van der Waals surface area contributed by atoms with E-state index in [2.05, 4.69) is 16.5 Å². The van der Waals surface area contributed by atoms with Crippen LogP contribution in [0.25, 0.3) is 0 Å². The number of carbonyl (C=O) groups excluding carboxylic acids is 1. The smallest absolute Gasteiger partial charge is 0.252 e.